The minimum absolute atomic E-state index is 0.546. The van der Waals surface area contributed by atoms with Gasteiger partial charge in [-0.3, -0.25) is 4.68 Å². The summed E-state index contributed by atoms with van der Waals surface area (Å²) in [5, 5.41) is 12.5. The zero-order chi connectivity index (χ0) is 12.5. The third-order valence-electron chi connectivity index (χ3n) is 1.84. The summed E-state index contributed by atoms with van der Waals surface area (Å²) < 4.78 is 42.0. The second-order valence-electron chi connectivity index (χ2n) is 3.04. The van der Waals surface area contributed by atoms with Crippen molar-refractivity contribution >= 4 is 5.97 Å². The van der Waals surface area contributed by atoms with Crippen molar-refractivity contribution in [3.8, 4) is 0 Å². The van der Waals surface area contributed by atoms with Crippen LogP contribution in [0, 0.1) is 0 Å². The van der Waals surface area contributed by atoms with E-state index in [1.54, 1.807) is 0 Å². The molecule has 8 heteroatoms. The Kier molecular flexibility index (Phi) is 3.22. The first-order chi connectivity index (χ1) is 7.27. The number of aryl methyl sites for hydroxylation is 1. The number of halogens is 3. The molecule has 0 aliphatic carbocycles. The maximum Gasteiger partial charge on any atom is 0.418 e. The molecule has 0 aliphatic heterocycles. The van der Waals surface area contributed by atoms with Gasteiger partial charge < -0.3 is 9.84 Å². The summed E-state index contributed by atoms with van der Waals surface area (Å²) in [5.41, 5.74) is -1.17. The van der Waals surface area contributed by atoms with E-state index in [-0.39, 0.29) is 0 Å². The van der Waals surface area contributed by atoms with Gasteiger partial charge in [-0.2, -0.15) is 18.3 Å². The lowest BCUT2D eigenvalue weighted by Gasteiger charge is -2.13. The Morgan fingerprint density at radius 1 is 1.62 bits per heavy atom. The van der Waals surface area contributed by atoms with Crippen LogP contribution in [0.5, 0.6) is 0 Å². The van der Waals surface area contributed by atoms with Gasteiger partial charge in [-0.05, 0) is 0 Å². The SMILES string of the molecule is COC(=O)c1nn(C)cc1[C@H](O)C(F)(F)F. The maximum atomic E-state index is 12.3. The molecule has 0 amide bonds. The molecule has 1 rings (SSSR count). The fraction of sp³-hybridized carbons (Fsp3) is 0.500. The van der Waals surface area contributed by atoms with E-state index in [0.717, 1.165) is 18.0 Å². The number of methoxy groups -OCH3 is 1. The average Bonchev–Trinajstić information content (AvgIpc) is 2.56. The lowest BCUT2D eigenvalue weighted by Crippen LogP contribution is -2.22. The van der Waals surface area contributed by atoms with Crippen molar-refractivity contribution in [2.24, 2.45) is 7.05 Å². The van der Waals surface area contributed by atoms with Crippen LogP contribution in [0.2, 0.25) is 0 Å². The molecule has 1 aromatic heterocycles. The first-order valence-electron chi connectivity index (χ1n) is 4.14. The van der Waals surface area contributed by atoms with E-state index >= 15 is 0 Å². The Morgan fingerprint density at radius 2 is 2.19 bits per heavy atom. The van der Waals surface area contributed by atoms with Gasteiger partial charge in [-0.25, -0.2) is 4.79 Å². The molecule has 1 atom stereocenters. The first kappa shape index (κ1) is 12.5. The lowest BCUT2D eigenvalue weighted by atomic mass is 10.1. The van der Waals surface area contributed by atoms with Gasteiger partial charge in [0.25, 0.3) is 0 Å². The summed E-state index contributed by atoms with van der Waals surface area (Å²) in [4.78, 5) is 11.1. The standard InChI is InChI=1S/C8H9F3N2O3/c1-13-3-4(6(14)8(9,10)11)5(12-13)7(15)16-2/h3,6,14H,1-2H3/t6-/m0/s1. The van der Waals surface area contributed by atoms with Crippen LogP contribution in [-0.4, -0.2) is 34.1 Å². The molecule has 0 fully saturated rings. The molecule has 0 aliphatic rings. The smallest absolute Gasteiger partial charge is 0.418 e. The molecule has 5 nitrogen and oxygen atoms in total. The molecule has 0 aromatic carbocycles. The highest BCUT2D eigenvalue weighted by Gasteiger charge is 2.42. The predicted molar refractivity (Wildman–Crippen MR) is 45.6 cm³/mol. The molecule has 0 bridgehead atoms. The van der Waals surface area contributed by atoms with E-state index in [9.17, 15) is 18.0 Å². The third-order valence-corrected chi connectivity index (χ3v) is 1.84. The van der Waals surface area contributed by atoms with Gasteiger partial charge >= 0.3 is 12.1 Å². The molecule has 0 spiro atoms. The minimum Gasteiger partial charge on any atom is -0.464 e. The van der Waals surface area contributed by atoms with Crippen molar-refractivity contribution in [2.45, 2.75) is 12.3 Å². The summed E-state index contributed by atoms with van der Waals surface area (Å²) in [7, 11) is 2.35. The number of aliphatic hydroxyl groups excluding tert-OH is 1. The average molecular weight is 238 g/mol. The largest absolute Gasteiger partial charge is 0.464 e. The van der Waals surface area contributed by atoms with Crippen molar-refractivity contribution in [1.82, 2.24) is 9.78 Å². The second-order valence-corrected chi connectivity index (χ2v) is 3.04. The van der Waals surface area contributed by atoms with Crippen LogP contribution in [-0.2, 0) is 11.8 Å². The molecule has 0 unspecified atom stereocenters. The molecule has 0 radical (unpaired) electrons. The number of carbonyl (C=O) groups excluding carboxylic acids is 1. The van der Waals surface area contributed by atoms with E-state index in [4.69, 9.17) is 5.11 Å². The molecule has 16 heavy (non-hydrogen) atoms. The second kappa shape index (κ2) is 4.12. The number of alkyl halides is 3. The van der Waals surface area contributed by atoms with Crippen LogP contribution >= 0.6 is 0 Å². The van der Waals surface area contributed by atoms with Crippen LogP contribution in [0.1, 0.15) is 22.2 Å². The molecule has 90 valence electrons. The highest BCUT2D eigenvalue weighted by Crippen LogP contribution is 2.33. The highest BCUT2D eigenvalue weighted by molar-refractivity contribution is 5.88. The summed E-state index contributed by atoms with van der Waals surface area (Å²) in [6.07, 6.45) is -6.69. The van der Waals surface area contributed by atoms with Crippen LogP contribution in [0.4, 0.5) is 13.2 Å². The predicted octanol–water partition coefficient (Wildman–Crippen LogP) is 0.802. The summed E-state index contributed by atoms with van der Waals surface area (Å²) in [6.45, 7) is 0. The van der Waals surface area contributed by atoms with Crippen LogP contribution in [0.25, 0.3) is 0 Å². The zero-order valence-corrected chi connectivity index (χ0v) is 8.45. The lowest BCUT2D eigenvalue weighted by molar-refractivity contribution is -0.206. The van der Waals surface area contributed by atoms with Gasteiger partial charge in [-0.15, -0.1) is 0 Å². The number of hydrogen-bond acceptors (Lipinski definition) is 4. The number of nitrogens with zero attached hydrogens (tertiary/aromatic N) is 2. The maximum absolute atomic E-state index is 12.3. The number of hydrogen-bond donors (Lipinski definition) is 1. The van der Waals surface area contributed by atoms with Gasteiger partial charge in [0.2, 0.25) is 0 Å². The minimum atomic E-state index is -4.86. The molecule has 0 saturated heterocycles. The molecule has 1 heterocycles. The fourth-order valence-electron chi connectivity index (χ4n) is 1.14. The molecule has 0 saturated carbocycles. The topological polar surface area (TPSA) is 64.3 Å². The van der Waals surface area contributed by atoms with Gasteiger partial charge in [-0.1, -0.05) is 0 Å². The number of aromatic nitrogens is 2. The van der Waals surface area contributed by atoms with E-state index in [0.29, 0.717) is 0 Å². The fourth-order valence-corrected chi connectivity index (χ4v) is 1.14. The number of ether oxygens (including phenoxy) is 1. The van der Waals surface area contributed by atoms with Gasteiger partial charge in [0, 0.05) is 18.8 Å². The van der Waals surface area contributed by atoms with Crippen molar-refractivity contribution in [3.05, 3.63) is 17.5 Å². The van der Waals surface area contributed by atoms with Crippen LogP contribution in [0.3, 0.4) is 0 Å². The van der Waals surface area contributed by atoms with Crippen LogP contribution in [0.15, 0.2) is 6.20 Å². The van der Waals surface area contributed by atoms with Gasteiger partial charge in [0.1, 0.15) is 0 Å². The van der Waals surface area contributed by atoms with Gasteiger partial charge in [0.05, 0.1) is 7.11 Å². The number of rotatable bonds is 2. The summed E-state index contributed by atoms with van der Waals surface area (Å²) in [6, 6.07) is 0. The van der Waals surface area contributed by atoms with E-state index in [1.165, 1.54) is 7.05 Å². The van der Waals surface area contributed by atoms with Crippen molar-refractivity contribution < 1.29 is 27.8 Å². The highest BCUT2D eigenvalue weighted by atomic mass is 19.4. The van der Waals surface area contributed by atoms with Gasteiger partial charge in [0.15, 0.2) is 11.8 Å². The zero-order valence-electron chi connectivity index (χ0n) is 8.45. The molecular formula is C8H9F3N2O3. The molecule has 1 N–H and O–H groups in total. The van der Waals surface area contributed by atoms with Crippen LogP contribution < -0.4 is 0 Å². The summed E-state index contributed by atoms with van der Waals surface area (Å²) in [5.74, 6) is -1.03. The van der Waals surface area contributed by atoms with Crippen molar-refractivity contribution in [3.63, 3.8) is 0 Å². The van der Waals surface area contributed by atoms with E-state index < -0.39 is 29.5 Å². The normalized spacial score (nSPS) is 13.6. The number of aliphatic hydroxyl groups is 1. The monoisotopic (exact) mass is 238 g/mol. The number of esters is 1. The Bertz CT molecular complexity index is 400. The van der Waals surface area contributed by atoms with Crippen molar-refractivity contribution in [1.29, 1.82) is 0 Å². The summed E-state index contributed by atoms with van der Waals surface area (Å²) >= 11 is 0. The Labute approximate surface area is 88.4 Å². The Hall–Kier alpha value is -1.57. The van der Waals surface area contributed by atoms with E-state index in [1.807, 2.05) is 0 Å². The molecule has 1 aromatic rings. The first-order valence-corrected chi connectivity index (χ1v) is 4.14. The molecular weight excluding hydrogens is 229 g/mol. The number of carbonyl (C=O) groups is 1. The quantitative estimate of drug-likeness (QED) is 0.774. The Morgan fingerprint density at radius 3 is 2.62 bits per heavy atom. The van der Waals surface area contributed by atoms with Crippen molar-refractivity contribution in [2.75, 3.05) is 7.11 Å². The Balaban J connectivity index is 3.18. The third kappa shape index (κ3) is 2.32. The van der Waals surface area contributed by atoms with E-state index in [2.05, 4.69) is 9.84 Å².